The van der Waals surface area contributed by atoms with Crippen LogP contribution >= 0.6 is 0 Å². The highest BCUT2D eigenvalue weighted by Crippen LogP contribution is 2.30. The number of carbonyl (C=O) groups is 1. The van der Waals surface area contributed by atoms with Crippen molar-refractivity contribution in [2.24, 2.45) is 5.92 Å². The number of para-hydroxylation sites is 2. The molecule has 5 nitrogen and oxygen atoms in total. The molecule has 1 N–H and O–H groups in total. The lowest BCUT2D eigenvalue weighted by Crippen LogP contribution is -2.41. The van der Waals surface area contributed by atoms with Crippen molar-refractivity contribution in [1.29, 1.82) is 0 Å². The summed E-state index contributed by atoms with van der Waals surface area (Å²) < 4.78 is 5.87. The summed E-state index contributed by atoms with van der Waals surface area (Å²) in [6.07, 6.45) is 5.33. The van der Waals surface area contributed by atoms with Gasteiger partial charge in [0.2, 0.25) is 5.91 Å². The normalized spacial score (nSPS) is 17.6. The van der Waals surface area contributed by atoms with Crippen molar-refractivity contribution in [2.75, 3.05) is 18.4 Å². The van der Waals surface area contributed by atoms with Crippen LogP contribution in [0.15, 0.2) is 48.8 Å². The third-order valence-corrected chi connectivity index (χ3v) is 4.27. The molecule has 5 heteroatoms. The number of pyridine rings is 1. The van der Waals surface area contributed by atoms with E-state index in [0.29, 0.717) is 23.1 Å². The van der Waals surface area contributed by atoms with Gasteiger partial charge in [-0.3, -0.25) is 14.7 Å². The van der Waals surface area contributed by atoms with Crippen molar-refractivity contribution < 1.29 is 9.53 Å². The summed E-state index contributed by atoms with van der Waals surface area (Å²) >= 11 is 0. The first-order valence-electron chi connectivity index (χ1n) is 8.85. The van der Waals surface area contributed by atoms with E-state index in [4.69, 9.17) is 4.74 Å². The van der Waals surface area contributed by atoms with Crippen molar-refractivity contribution in [3.8, 4) is 11.5 Å². The molecule has 1 fully saturated rings. The summed E-state index contributed by atoms with van der Waals surface area (Å²) in [6.45, 7) is 6.31. The van der Waals surface area contributed by atoms with Crippen LogP contribution in [0.5, 0.6) is 11.5 Å². The number of likely N-dealkylation sites (tertiary alicyclic amines) is 1. The molecule has 0 unspecified atom stereocenters. The number of benzene rings is 1. The Morgan fingerprint density at radius 1 is 1.32 bits per heavy atom. The maximum absolute atomic E-state index is 12.8. The second-order valence-electron chi connectivity index (χ2n) is 6.82. The van der Waals surface area contributed by atoms with Gasteiger partial charge in [0.15, 0.2) is 5.75 Å². The standard InChI is InChI=1S/C20H25N3O2/c1-15(2)14-23-12-6-9-18(23)20(24)22-17-8-3-4-10-19(17)25-16-7-5-11-21-13-16/h3-5,7-8,10-11,13,15,18H,6,9,12,14H2,1-2H3,(H,22,24)/t18-/m1/s1. The van der Waals surface area contributed by atoms with Gasteiger partial charge < -0.3 is 10.1 Å². The van der Waals surface area contributed by atoms with Crippen LogP contribution in [-0.2, 0) is 4.79 Å². The van der Waals surface area contributed by atoms with E-state index in [1.165, 1.54) is 0 Å². The summed E-state index contributed by atoms with van der Waals surface area (Å²) in [5, 5.41) is 3.05. The van der Waals surface area contributed by atoms with E-state index in [2.05, 4.69) is 29.0 Å². The molecule has 1 aromatic carbocycles. The molecule has 1 aliphatic heterocycles. The van der Waals surface area contributed by atoms with Gasteiger partial charge in [0, 0.05) is 12.7 Å². The lowest BCUT2D eigenvalue weighted by atomic mass is 10.1. The summed E-state index contributed by atoms with van der Waals surface area (Å²) in [4.78, 5) is 19.1. The number of hydrogen-bond acceptors (Lipinski definition) is 4. The van der Waals surface area contributed by atoms with Crippen molar-refractivity contribution in [3.05, 3.63) is 48.8 Å². The third kappa shape index (κ3) is 4.57. The number of carbonyl (C=O) groups excluding carboxylic acids is 1. The second-order valence-corrected chi connectivity index (χ2v) is 6.82. The smallest absolute Gasteiger partial charge is 0.241 e. The minimum Gasteiger partial charge on any atom is -0.454 e. The Morgan fingerprint density at radius 2 is 2.16 bits per heavy atom. The van der Waals surface area contributed by atoms with Crippen molar-refractivity contribution in [1.82, 2.24) is 9.88 Å². The van der Waals surface area contributed by atoms with E-state index in [1.54, 1.807) is 12.4 Å². The fraction of sp³-hybridized carbons (Fsp3) is 0.400. The van der Waals surface area contributed by atoms with Crippen LogP contribution in [0.1, 0.15) is 26.7 Å². The highest BCUT2D eigenvalue weighted by molar-refractivity contribution is 5.96. The monoisotopic (exact) mass is 339 g/mol. The first-order valence-corrected chi connectivity index (χ1v) is 8.85. The molecule has 2 aromatic rings. The zero-order valence-electron chi connectivity index (χ0n) is 14.8. The van der Waals surface area contributed by atoms with E-state index in [9.17, 15) is 4.79 Å². The maximum atomic E-state index is 12.8. The molecule has 132 valence electrons. The molecule has 1 saturated heterocycles. The van der Waals surface area contributed by atoms with Gasteiger partial charge in [-0.2, -0.15) is 0 Å². The van der Waals surface area contributed by atoms with Crippen molar-refractivity contribution >= 4 is 11.6 Å². The van der Waals surface area contributed by atoms with E-state index >= 15 is 0 Å². The number of nitrogens with one attached hydrogen (secondary N) is 1. The van der Waals surface area contributed by atoms with Crippen LogP contribution in [0.4, 0.5) is 5.69 Å². The fourth-order valence-corrected chi connectivity index (χ4v) is 3.22. The summed E-state index contributed by atoms with van der Waals surface area (Å²) in [5.74, 6) is 1.86. The SMILES string of the molecule is CC(C)CN1CCC[C@@H]1C(=O)Nc1ccccc1Oc1cccnc1. The van der Waals surface area contributed by atoms with Gasteiger partial charge in [-0.15, -0.1) is 0 Å². The zero-order valence-corrected chi connectivity index (χ0v) is 14.8. The number of ether oxygens (including phenoxy) is 1. The quantitative estimate of drug-likeness (QED) is 0.866. The Bertz CT molecular complexity index is 703. The number of anilines is 1. The molecule has 0 aliphatic carbocycles. The van der Waals surface area contributed by atoms with Crippen LogP contribution in [0.3, 0.4) is 0 Å². The zero-order chi connectivity index (χ0) is 17.6. The highest BCUT2D eigenvalue weighted by atomic mass is 16.5. The summed E-state index contributed by atoms with van der Waals surface area (Å²) in [6, 6.07) is 11.1. The van der Waals surface area contributed by atoms with Gasteiger partial charge in [-0.05, 0) is 49.6 Å². The maximum Gasteiger partial charge on any atom is 0.241 e. The minimum atomic E-state index is -0.0613. The first-order chi connectivity index (χ1) is 12.1. The molecule has 1 atom stereocenters. The molecule has 0 bridgehead atoms. The topological polar surface area (TPSA) is 54.5 Å². The lowest BCUT2D eigenvalue weighted by molar-refractivity contribution is -0.120. The molecule has 1 aromatic heterocycles. The first kappa shape index (κ1) is 17.4. The lowest BCUT2D eigenvalue weighted by Gasteiger charge is -2.25. The Kier molecular flexibility index (Phi) is 5.66. The van der Waals surface area contributed by atoms with E-state index < -0.39 is 0 Å². The molecule has 0 spiro atoms. The van der Waals surface area contributed by atoms with E-state index in [0.717, 1.165) is 25.9 Å². The van der Waals surface area contributed by atoms with Gasteiger partial charge >= 0.3 is 0 Å². The Labute approximate surface area is 149 Å². The number of aromatic nitrogens is 1. The molecular weight excluding hydrogens is 314 g/mol. The second kappa shape index (κ2) is 8.12. The van der Waals surface area contributed by atoms with Crippen LogP contribution in [0, 0.1) is 5.92 Å². The molecular formula is C20H25N3O2. The molecule has 25 heavy (non-hydrogen) atoms. The molecule has 2 heterocycles. The third-order valence-electron chi connectivity index (χ3n) is 4.27. The van der Waals surface area contributed by atoms with Crippen LogP contribution < -0.4 is 10.1 Å². The van der Waals surface area contributed by atoms with E-state index in [-0.39, 0.29) is 11.9 Å². The number of rotatable bonds is 6. The van der Waals surface area contributed by atoms with Crippen molar-refractivity contribution in [2.45, 2.75) is 32.7 Å². The predicted octanol–water partition coefficient (Wildman–Crippen LogP) is 3.93. The molecule has 1 aliphatic rings. The largest absolute Gasteiger partial charge is 0.454 e. The number of nitrogens with zero attached hydrogens (tertiary/aromatic N) is 2. The summed E-state index contributed by atoms with van der Waals surface area (Å²) in [5.41, 5.74) is 0.688. The molecule has 0 radical (unpaired) electrons. The fourth-order valence-electron chi connectivity index (χ4n) is 3.22. The average Bonchev–Trinajstić information content (AvgIpc) is 3.05. The Hall–Kier alpha value is -2.40. The van der Waals surface area contributed by atoms with Gasteiger partial charge in [-0.1, -0.05) is 26.0 Å². The molecule has 0 saturated carbocycles. The minimum absolute atomic E-state index is 0.0420. The average molecular weight is 339 g/mol. The predicted molar refractivity (Wildman–Crippen MR) is 98.8 cm³/mol. The van der Waals surface area contributed by atoms with Gasteiger partial charge in [0.25, 0.3) is 0 Å². The number of hydrogen-bond donors (Lipinski definition) is 1. The Morgan fingerprint density at radius 3 is 2.92 bits per heavy atom. The summed E-state index contributed by atoms with van der Waals surface area (Å²) in [7, 11) is 0. The van der Waals surface area contributed by atoms with Gasteiger partial charge in [0.05, 0.1) is 17.9 Å². The van der Waals surface area contributed by atoms with Crippen LogP contribution in [-0.4, -0.2) is 34.9 Å². The van der Waals surface area contributed by atoms with Crippen molar-refractivity contribution in [3.63, 3.8) is 0 Å². The Balaban J connectivity index is 1.71. The van der Waals surface area contributed by atoms with Gasteiger partial charge in [0.1, 0.15) is 5.75 Å². The number of amides is 1. The van der Waals surface area contributed by atoms with E-state index in [1.807, 2.05) is 36.4 Å². The highest BCUT2D eigenvalue weighted by Gasteiger charge is 2.31. The molecule has 1 amide bonds. The van der Waals surface area contributed by atoms with Crippen LogP contribution in [0.2, 0.25) is 0 Å². The van der Waals surface area contributed by atoms with Crippen LogP contribution in [0.25, 0.3) is 0 Å². The van der Waals surface area contributed by atoms with Gasteiger partial charge in [-0.25, -0.2) is 0 Å². The molecule has 3 rings (SSSR count).